The molecular formula is C15H15Br. The number of hydrogen-bond acceptors (Lipinski definition) is 0. The minimum absolute atomic E-state index is 0.995. The molecule has 2 aromatic rings. The van der Waals surface area contributed by atoms with Gasteiger partial charge in [-0.15, -0.1) is 0 Å². The molecule has 2 aromatic carbocycles. The zero-order chi connectivity index (χ0) is 11.5. The van der Waals surface area contributed by atoms with Crippen molar-refractivity contribution in [3.8, 4) is 0 Å². The molecule has 2 rings (SSSR count). The van der Waals surface area contributed by atoms with Crippen LogP contribution in [0.2, 0.25) is 0 Å². The average Bonchev–Trinajstić information content (AvgIpc) is 2.27. The van der Waals surface area contributed by atoms with Gasteiger partial charge in [0.2, 0.25) is 0 Å². The van der Waals surface area contributed by atoms with Crippen LogP contribution in [-0.2, 0) is 6.42 Å². The zero-order valence-electron chi connectivity index (χ0n) is 9.63. The second-order valence-corrected chi connectivity index (χ2v) is 5.05. The van der Waals surface area contributed by atoms with Crippen molar-refractivity contribution in [1.29, 1.82) is 0 Å². The number of aryl methyl sites for hydroxylation is 2. The monoisotopic (exact) mass is 274 g/mol. The first-order valence-corrected chi connectivity index (χ1v) is 6.25. The fourth-order valence-corrected chi connectivity index (χ4v) is 2.26. The van der Waals surface area contributed by atoms with Crippen LogP contribution in [0.4, 0.5) is 0 Å². The summed E-state index contributed by atoms with van der Waals surface area (Å²) in [4.78, 5) is 0. The summed E-state index contributed by atoms with van der Waals surface area (Å²) < 4.78 is 1.19. The Labute approximate surface area is 105 Å². The molecule has 0 radical (unpaired) electrons. The summed E-state index contributed by atoms with van der Waals surface area (Å²) in [5, 5.41) is 0. The van der Waals surface area contributed by atoms with Crippen molar-refractivity contribution in [3.63, 3.8) is 0 Å². The third-order valence-electron chi connectivity index (χ3n) is 2.84. The van der Waals surface area contributed by atoms with Gasteiger partial charge < -0.3 is 0 Å². The highest BCUT2D eigenvalue weighted by Gasteiger charge is 2.03. The Balaban J connectivity index is 2.34. The molecule has 0 fully saturated rings. The largest absolute Gasteiger partial charge is 0.0619 e. The molecular weight excluding hydrogens is 260 g/mol. The van der Waals surface area contributed by atoms with Crippen LogP contribution in [0, 0.1) is 13.8 Å². The Morgan fingerprint density at radius 3 is 2.44 bits per heavy atom. The van der Waals surface area contributed by atoms with E-state index in [2.05, 4.69) is 72.2 Å². The molecule has 0 bridgehead atoms. The quantitative estimate of drug-likeness (QED) is 0.748. The zero-order valence-corrected chi connectivity index (χ0v) is 11.2. The lowest BCUT2D eigenvalue weighted by Crippen LogP contribution is -1.93. The number of halogens is 1. The summed E-state index contributed by atoms with van der Waals surface area (Å²) in [6.45, 7) is 4.31. The van der Waals surface area contributed by atoms with E-state index in [1.165, 1.54) is 26.7 Å². The Hall–Kier alpha value is -1.08. The van der Waals surface area contributed by atoms with Crippen molar-refractivity contribution >= 4 is 15.9 Å². The second-order valence-electron chi connectivity index (χ2n) is 4.20. The maximum Gasteiger partial charge on any atom is 0.0210 e. The summed E-state index contributed by atoms with van der Waals surface area (Å²) in [7, 11) is 0. The van der Waals surface area contributed by atoms with E-state index in [9.17, 15) is 0 Å². The van der Waals surface area contributed by atoms with Gasteiger partial charge in [0.25, 0.3) is 0 Å². The molecule has 0 atom stereocenters. The number of benzene rings is 2. The Morgan fingerprint density at radius 2 is 1.69 bits per heavy atom. The summed E-state index contributed by atoms with van der Waals surface area (Å²) in [6, 6.07) is 15.0. The Kier molecular flexibility index (Phi) is 3.45. The van der Waals surface area contributed by atoms with Gasteiger partial charge in [0.05, 0.1) is 0 Å². The van der Waals surface area contributed by atoms with Gasteiger partial charge in [0.15, 0.2) is 0 Å². The van der Waals surface area contributed by atoms with Crippen molar-refractivity contribution in [2.75, 3.05) is 0 Å². The van der Waals surface area contributed by atoms with Crippen molar-refractivity contribution < 1.29 is 0 Å². The third-order valence-corrected chi connectivity index (χ3v) is 3.62. The molecule has 0 spiro atoms. The molecule has 0 aliphatic rings. The van der Waals surface area contributed by atoms with Gasteiger partial charge in [-0.1, -0.05) is 57.9 Å². The van der Waals surface area contributed by atoms with Crippen molar-refractivity contribution in [2.45, 2.75) is 20.3 Å². The molecule has 0 nitrogen and oxygen atoms in total. The van der Waals surface area contributed by atoms with Crippen LogP contribution in [0.5, 0.6) is 0 Å². The Bertz CT molecular complexity index is 501. The van der Waals surface area contributed by atoms with Crippen molar-refractivity contribution in [2.24, 2.45) is 0 Å². The lowest BCUT2D eigenvalue weighted by atomic mass is 9.99. The van der Waals surface area contributed by atoms with Crippen LogP contribution in [0.15, 0.2) is 46.9 Å². The molecule has 1 heteroatoms. The first-order chi connectivity index (χ1) is 7.66. The van der Waals surface area contributed by atoms with E-state index in [0.717, 1.165) is 6.42 Å². The molecule has 0 saturated carbocycles. The van der Waals surface area contributed by atoms with Crippen LogP contribution in [0.1, 0.15) is 22.3 Å². The summed E-state index contributed by atoms with van der Waals surface area (Å²) >= 11 is 3.60. The SMILES string of the molecule is Cc1ccc(C)c(Cc2ccccc2Br)c1. The highest BCUT2D eigenvalue weighted by molar-refractivity contribution is 9.10. The molecule has 0 unspecified atom stereocenters. The summed E-state index contributed by atoms with van der Waals surface area (Å²) in [5.74, 6) is 0. The molecule has 0 saturated heterocycles. The van der Waals surface area contributed by atoms with E-state index in [4.69, 9.17) is 0 Å². The fourth-order valence-electron chi connectivity index (χ4n) is 1.84. The van der Waals surface area contributed by atoms with Crippen LogP contribution < -0.4 is 0 Å². The standard InChI is InChI=1S/C15H15Br/c1-11-7-8-12(2)14(9-11)10-13-5-3-4-6-15(13)16/h3-9H,10H2,1-2H3. The molecule has 0 aliphatic carbocycles. The van der Waals surface area contributed by atoms with Gasteiger partial charge in [-0.2, -0.15) is 0 Å². The van der Waals surface area contributed by atoms with Crippen LogP contribution in [0.3, 0.4) is 0 Å². The van der Waals surface area contributed by atoms with E-state index < -0.39 is 0 Å². The molecule has 0 aliphatic heterocycles. The van der Waals surface area contributed by atoms with E-state index in [1.54, 1.807) is 0 Å². The summed E-state index contributed by atoms with van der Waals surface area (Å²) in [5.41, 5.74) is 5.44. The molecule has 0 heterocycles. The van der Waals surface area contributed by atoms with Gasteiger partial charge in [-0.3, -0.25) is 0 Å². The molecule has 16 heavy (non-hydrogen) atoms. The smallest absolute Gasteiger partial charge is 0.0210 e. The van der Waals surface area contributed by atoms with E-state index in [0.29, 0.717) is 0 Å². The number of rotatable bonds is 2. The maximum absolute atomic E-state index is 3.60. The lowest BCUT2D eigenvalue weighted by Gasteiger charge is -2.08. The summed E-state index contributed by atoms with van der Waals surface area (Å²) in [6.07, 6.45) is 0.995. The average molecular weight is 275 g/mol. The van der Waals surface area contributed by atoms with E-state index in [-0.39, 0.29) is 0 Å². The van der Waals surface area contributed by atoms with Crippen LogP contribution >= 0.6 is 15.9 Å². The number of hydrogen-bond donors (Lipinski definition) is 0. The van der Waals surface area contributed by atoms with Gasteiger partial charge in [-0.05, 0) is 43.0 Å². The van der Waals surface area contributed by atoms with Gasteiger partial charge in [-0.25, -0.2) is 0 Å². The van der Waals surface area contributed by atoms with Gasteiger partial charge in [0, 0.05) is 4.47 Å². The third kappa shape index (κ3) is 2.53. The molecule has 0 amide bonds. The second kappa shape index (κ2) is 4.84. The first-order valence-electron chi connectivity index (χ1n) is 5.46. The van der Waals surface area contributed by atoms with Gasteiger partial charge >= 0.3 is 0 Å². The van der Waals surface area contributed by atoms with Crippen molar-refractivity contribution in [1.82, 2.24) is 0 Å². The van der Waals surface area contributed by atoms with Gasteiger partial charge in [0.1, 0.15) is 0 Å². The van der Waals surface area contributed by atoms with Crippen molar-refractivity contribution in [3.05, 3.63) is 69.2 Å². The molecule has 82 valence electrons. The molecule has 0 N–H and O–H groups in total. The van der Waals surface area contributed by atoms with Crippen LogP contribution in [-0.4, -0.2) is 0 Å². The maximum atomic E-state index is 3.60. The first kappa shape index (κ1) is 11.4. The highest BCUT2D eigenvalue weighted by atomic mass is 79.9. The van der Waals surface area contributed by atoms with E-state index >= 15 is 0 Å². The molecule has 0 aromatic heterocycles. The normalized spacial score (nSPS) is 10.4. The topological polar surface area (TPSA) is 0 Å². The lowest BCUT2D eigenvalue weighted by molar-refractivity contribution is 1.13. The highest BCUT2D eigenvalue weighted by Crippen LogP contribution is 2.21. The predicted octanol–water partition coefficient (Wildman–Crippen LogP) is 4.66. The Morgan fingerprint density at radius 1 is 0.938 bits per heavy atom. The predicted molar refractivity (Wildman–Crippen MR) is 72.9 cm³/mol. The fraction of sp³-hybridized carbons (Fsp3) is 0.200. The van der Waals surface area contributed by atoms with Crippen LogP contribution in [0.25, 0.3) is 0 Å². The minimum Gasteiger partial charge on any atom is -0.0619 e. The minimum atomic E-state index is 0.995. The van der Waals surface area contributed by atoms with E-state index in [1.807, 2.05) is 0 Å².